The lowest BCUT2D eigenvalue weighted by Gasteiger charge is -2.08. The number of hydrogen-bond acceptors (Lipinski definition) is 6. The summed E-state index contributed by atoms with van der Waals surface area (Å²) >= 11 is 0. The van der Waals surface area contributed by atoms with E-state index in [-0.39, 0.29) is 24.3 Å². The molecule has 0 bridgehead atoms. The summed E-state index contributed by atoms with van der Waals surface area (Å²) in [5.74, 6) is -1.20. The maximum Gasteiger partial charge on any atom is 0.340 e. The molecule has 1 rings (SSSR count). The molecule has 6 nitrogen and oxygen atoms in total. The molecule has 0 aliphatic carbocycles. The van der Waals surface area contributed by atoms with Gasteiger partial charge in [0.25, 0.3) is 0 Å². The van der Waals surface area contributed by atoms with E-state index in [1.807, 2.05) is 0 Å². The van der Waals surface area contributed by atoms with Gasteiger partial charge >= 0.3 is 11.9 Å². The van der Waals surface area contributed by atoms with E-state index in [9.17, 15) is 9.59 Å². The van der Waals surface area contributed by atoms with Gasteiger partial charge in [0.15, 0.2) is 0 Å². The highest BCUT2D eigenvalue weighted by Gasteiger charge is 2.22. The van der Waals surface area contributed by atoms with Crippen molar-refractivity contribution in [3.63, 3.8) is 0 Å². The Bertz CT molecular complexity index is 431. The van der Waals surface area contributed by atoms with Crippen LogP contribution in [0, 0.1) is 6.92 Å². The molecule has 1 heterocycles. The number of nitrogens with zero attached hydrogens (tertiary/aromatic N) is 2. The van der Waals surface area contributed by atoms with E-state index in [0.717, 1.165) is 0 Å². The van der Waals surface area contributed by atoms with Gasteiger partial charge in [0.1, 0.15) is 0 Å². The van der Waals surface area contributed by atoms with E-state index >= 15 is 0 Å². The summed E-state index contributed by atoms with van der Waals surface area (Å²) in [5.41, 5.74) is 0.534. The molecule has 0 aromatic carbocycles. The van der Waals surface area contributed by atoms with Gasteiger partial charge in [0, 0.05) is 0 Å². The first kappa shape index (κ1) is 13.1. The molecule has 0 aliphatic rings. The van der Waals surface area contributed by atoms with Gasteiger partial charge in [-0.05, 0) is 20.8 Å². The lowest BCUT2D eigenvalue weighted by molar-refractivity contribution is 0.0476. The topological polar surface area (TPSA) is 78.4 Å². The van der Waals surface area contributed by atoms with Gasteiger partial charge in [-0.15, -0.1) is 0 Å². The van der Waals surface area contributed by atoms with Crippen LogP contribution in [0.2, 0.25) is 0 Å². The van der Waals surface area contributed by atoms with Crippen LogP contribution >= 0.6 is 0 Å². The Morgan fingerprint density at radius 1 is 1.18 bits per heavy atom. The second-order valence-electron chi connectivity index (χ2n) is 3.16. The van der Waals surface area contributed by atoms with Crippen LogP contribution in [0.25, 0.3) is 0 Å². The number of aryl methyl sites for hydroxylation is 1. The number of carbonyl (C=O) groups is 2. The minimum atomic E-state index is -0.603. The van der Waals surface area contributed by atoms with Crippen LogP contribution in [0.1, 0.15) is 40.3 Å². The Hall–Kier alpha value is -1.98. The molecule has 1 aromatic rings. The van der Waals surface area contributed by atoms with Crippen molar-refractivity contribution < 1.29 is 19.1 Å². The average molecular weight is 238 g/mol. The molecule has 1 aromatic heterocycles. The number of carbonyl (C=O) groups excluding carboxylic acids is 2. The zero-order valence-corrected chi connectivity index (χ0v) is 10.0. The molecule has 0 amide bonds. The normalized spacial score (nSPS) is 9.82. The first-order valence-electron chi connectivity index (χ1n) is 5.28. The SMILES string of the molecule is CCOC(=O)c1cnnc(C)c1C(=O)OCC. The third-order valence-corrected chi connectivity index (χ3v) is 2.00. The van der Waals surface area contributed by atoms with Crippen molar-refractivity contribution in [1.82, 2.24) is 10.2 Å². The summed E-state index contributed by atoms with van der Waals surface area (Å²) in [6.45, 7) is 5.41. The van der Waals surface area contributed by atoms with Crippen molar-refractivity contribution >= 4 is 11.9 Å². The summed E-state index contributed by atoms with van der Waals surface area (Å²) < 4.78 is 9.70. The molecular formula is C11H14N2O4. The van der Waals surface area contributed by atoms with Crippen molar-refractivity contribution in [3.8, 4) is 0 Å². The van der Waals surface area contributed by atoms with Gasteiger partial charge in [0.05, 0.1) is 36.2 Å². The van der Waals surface area contributed by atoms with Crippen LogP contribution in [0.4, 0.5) is 0 Å². The maximum absolute atomic E-state index is 11.7. The van der Waals surface area contributed by atoms with Gasteiger partial charge < -0.3 is 9.47 Å². The van der Waals surface area contributed by atoms with E-state index < -0.39 is 11.9 Å². The monoisotopic (exact) mass is 238 g/mol. The summed E-state index contributed by atoms with van der Waals surface area (Å²) in [4.78, 5) is 23.3. The highest BCUT2D eigenvalue weighted by molar-refractivity contribution is 6.03. The third kappa shape index (κ3) is 2.99. The van der Waals surface area contributed by atoms with Gasteiger partial charge in [0.2, 0.25) is 0 Å². The van der Waals surface area contributed by atoms with Crippen LogP contribution in [0.15, 0.2) is 6.20 Å². The molecule has 6 heteroatoms. The van der Waals surface area contributed by atoms with E-state index in [0.29, 0.717) is 5.69 Å². The van der Waals surface area contributed by atoms with E-state index in [1.165, 1.54) is 6.20 Å². The molecule has 0 atom stereocenters. The minimum absolute atomic E-state index is 0.0813. The van der Waals surface area contributed by atoms with Gasteiger partial charge in [-0.3, -0.25) is 0 Å². The summed E-state index contributed by atoms with van der Waals surface area (Å²) in [6.07, 6.45) is 1.21. The Kier molecular flexibility index (Phi) is 4.56. The molecule has 0 fully saturated rings. The molecule has 0 saturated heterocycles. The van der Waals surface area contributed by atoms with Crippen molar-refractivity contribution in [3.05, 3.63) is 23.0 Å². The van der Waals surface area contributed by atoms with E-state index in [4.69, 9.17) is 9.47 Å². The van der Waals surface area contributed by atoms with Crippen molar-refractivity contribution in [1.29, 1.82) is 0 Å². The predicted octanol–water partition coefficient (Wildman–Crippen LogP) is 1.14. The first-order valence-corrected chi connectivity index (χ1v) is 5.28. The van der Waals surface area contributed by atoms with Crippen molar-refractivity contribution in [2.24, 2.45) is 0 Å². The number of esters is 2. The highest BCUT2D eigenvalue weighted by Crippen LogP contribution is 2.13. The zero-order chi connectivity index (χ0) is 12.8. The van der Waals surface area contributed by atoms with Crippen molar-refractivity contribution in [2.45, 2.75) is 20.8 Å². The van der Waals surface area contributed by atoms with Crippen LogP contribution in [0.5, 0.6) is 0 Å². The van der Waals surface area contributed by atoms with Crippen molar-refractivity contribution in [2.75, 3.05) is 13.2 Å². The summed E-state index contributed by atoms with van der Waals surface area (Å²) in [5, 5.41) is 7.36. The summed E-state index contributed by atoms with van der Waals surface area (Å²) in [6, 6.07) is 0. The Balaban J connectivity index is 3.17. The van der Waals surface area contributed by atoms with Gasteiger partial charge in [-0.1, -0.05) is 0 Å². The molecule has 92 valence electrons. The molecule has 17 heavy (non-hydrogen) atoms. The molecular weight excluding hydrogens is 224 g/mol. The molecule has 0 radical (unpaired) electrons. The minimum Gasteiger partial charge on any atom is -0.462 e. The number of ether oxygens (including phenoxy) is 2. The van der Waals surface area contributed by atoms with Crippen LogP contribution in [-0.4, -0.2) is 35.3 Å². The van der Waals surface area contributed by atoms with E-state index in [1.54, 1.807) is 20.8 Å². The fourth-order valence-electron chi connectivity index (χ4n) is 1.31. The standard InChI is InChI=1S/C11H14N2O4/c1-4-16-10(14)8-6-12-13-7(3)9(8)11(15)17-5-2/h6H,4-5H2,1-3H3. The first-order chi connectivity index (χ1) is 8.11. The fraction of sp³-hybridized carbons (Fsp3) is 0.455. The van der Waals surface area contributed by atoms with Gasteiger partial charge in [-0.25, -0.2) is 9.59 Å². The van der Waals surface area contributed by atoms with Crippen LogP contribution < -0.4 is 0 Å². The molecule has 0 saturated carbocycles. The second kappa shape index (κ2) is 5.93. The van der Waals surface area contributed by atoms with Crippen LogP contribution in [-0.2, 0) is 9.47 Å². The lowest BCUT2D eigenvalue weighted by Crippen LogP contribution is -2.17. The molecule has 0 aliphatic heterocycles. The van der Waals surface area contributed by atoms with Gasteiger partial charge in [-0.2, -0.15) is 10.2 Å². The number of hydrogen-bond donors (Lipinski definition) is 0. The maximum atomic E-state index is 11.7. The Morgan fingerprint density at radius 2 is 1.76 bits per heavy atom. The Labute approximate surface area is 98.9 Å². The smallest absolute Gasteiger partial charge is 0.340 e. The zero-order valence-electron chi connectivity index (χ0n) is 10.0. The molecule has 0 N–H and O–H groups in total. The number of rotatable bonds is 4. The predicted molar refractivity (Wildman–Crippen MR) is 58.7 cm³/mol. The summed E-state index contributed by atoms with van der Waals surface area (Å²) in [7, 11) is 0. The third-order valence-electron chi connectivity index (χ3n) is 2.00. The second-order valence-corrected chi connectivity index (χ2v) is 3.16. The molecule has 0 spiro atoms. The average Bonchev–Trinajstić information content (AvgIpc) is 2.29. The molecule has 0 unspecified atom stereocenters. The number of aromatic nitrogens is 2. The largest absolute Gasteiger partial charge is 0.462 e. The lowest BCUT2D eigenvalue weighted by atomic mass is 10.1. The van der Waals surface area contributed by atoms with Crippen LogP contribution in [0.3, 0.4) is 0 Å². The quantitative estimate of drug-likeness (QED) is 0.732. The highest BCUT2D eigenvalue weighted by atomic mass is 16.5. The fourth-order valence-corrected chi connectivity index (χ4v) is 1.31. The van der Waals surface area contributed by atoms with E-state index in [2.05, 4.69) is 10.2 Å². The Morgan fingerprint density at radius 3 is 2.35 bits per heavy atom.